The summed E-state index contributed by atoms with van der Waals surface area (Å²) in [5, 5.41) is 2.12. The topological polar surface area (TPSA) is 46.3 Å². The third-order valence-corrected chi connectivity index (χ3v) is 5.88. The molecule has 3 rings (SSSR count). The average Bonchev–Trinajstić information content (AvgIpc) is 3.02. The quantitative estimate of drug-likeness (QED) is 0.865. The molecule has 7 heteroatoms. The Bertz CT molecular complexity index is 716. The van der Waals surface area contributed by atoms with Crippen molar-refractivity contribution in [3.63, 3.8) is 0 Å². The van der Waals surface area contributed by atoms with Crippen LogP contribution < -0.4 is 5.73 Å². The molecule has 1 aromatic heterocycles. The van der Waals surface area contributed by atoms with Crippen LogP contribution in [0.5, 0.6) is 0 Å². The molecule has 1 fully saturated rings. The highest BCUT2D eigenvalue weighted by Gasteiger charge is 2.29. The van der Waals surface area contributed by atoms with Crippen LogP contribution in [0.3, 0.4) is 0 Å². The second kappa shape index (κ2) is 5.94. The molecule has 1 atom stereocenters. The molecule has 2 aromatic rings. The van der Waals surface area contributed by atoms with Gasteiger partial charge in [-0.15, -0.1) is 11.3 Å². The standard InChI is InChI=1S/C14H13Cl3N2OS/c15-8-3-9(16)11-10(4-8)21-13(12(11)17)14(20)19-2-1-7(5-18)6-19/h3-4,7H,1-2,5-6,18H2. The summed E-state index contributed by atoms with van der Waals surface area (Å²) in [5.74, 6) is 0.324. The molecule has 21 heavy (non-hydrogen) atoms. The predicted octanol–water partition coefficient (Wildman–Crippen LogP) is 4.28. The molecule has 1 aromatic carbocycles. The normalized spacial score (nSPS) is 18.7. The van der Waals surface area contributed by atoms with Crippen molar-refractivity contribution in [3.05, 3.63) is 32.1 Å². The van der Waals surface area contributed by atoms with Crippen LogP contribution in [0.1, 0.15) is 16.1 Å². The number of nitrogens with two attached hydrogens (primary N) is 1. The molecule has 0 spiro atoms. The number of carbonyl (C=O) groups excluding carboxylic acids is 1. The van der Waals surface area contributed by atoms with Gasteiger partial charge in [0.2, 0.25) is 0 Å². The molecule has 1 unspecified atom stereocenters. The van der Waals surface area contributed by atoms with E-state index >= 15 is 0 Å². The molecule has 2 N–H and O–H groups in total. The number of hydrogen-bond acceptors (Lipinski definition) is 3. The zero-order valence-electron chi connectivity index (χ0n) is 11.0. The Kier molecular flexibility index (Phi) is 4.35. The highest BCUT2D eigenvalue weighted by Crippen LogP contribution is 2.41. The van der Waals surface area contributed by atoms with Crippen molar-refractivity contribution in [2.24, 2.45) is 11.7 Å². The number of carbonyl (C=O) groups is 1. The maximum Gasteiger partial charge on any atom is 0.265 e. The maximum atomic E-state index is 12.6. The molecular weight excluding hydrogens is 351 g/mol. The monoisotopic (exact) mass is 362 g/mol. The van der Waals surface area contributed by atoms with Crippen LogP contribution in [-0.4, -0.2) is 30.4 Å². The number of nitrogens with zero attached hydrogens (tertiary/aromatic N) is 1. The van der Waals surface area contributed by atoms with Crippen LogP contribution in [0.15, 0.2) is 12.1 Å². The summed E-state index contributed by atoms with van der Waals surface area (Å²) in [4.78, 5) is 15.0. The summed E-state index contributed by atoms with van der Waals surface area (Å²) in [6, 6.07) is 3.42. The lowest BCUT2D eigenvalue weighted by atomic mass is 10.1. The van der Waals surface area contributed by atoms with Gasteiger partial charge < -0.3 is 10.6 Å². The van der Waals surface area contributed by atoms with E-state index in [1.807, 2.05) is 4.90 Å². The Hall–Kier alpha value is -0.520. The van der Waals surface area contributed by atoms with E-state index in [-0.39, 0.29) is 5.91 Å². The third-order valence-electron chi connectivity index (χ3n) is 3.75. The Labute approximate surface area is 141 Å². The Morgan fingerprint density at radius 2 is 2.14 bits per heavy atom. The van der Waals surface area contributed by atoms with Crippen LogP contribution in [0.25, 0.3) is 10.1 Å². The number of thiophene rings is 1. The smallest absolute Gasteiger partial charge is 0.265 e. The fraction of sp³-hybridized carbons (Fsp3) is 0.357. The van der Waals surface area contributed by atoms with E-state index in [4.69, 9.17) is 40.5 Å². The van der Waals surface area contributed by atoms with Gasteiger partial charge in [0, 0.05) is 28.2 Å². The SMILES string of the molecule is NCC1CCN(C(=O)c2sc3cc(Cl)cc(Cl)c3c2Cl)C1. The van der Waals surface area contributed by atoms with Crippen LogP contribution >= 0.6 is 46.1 Å². The second-order valence-electron chi connectivity index (χ2n) is 5.15. The Morgan fingerprint density at radius 3 is 2.81 bits per heavy atom. The lowest BCUT2D eigenvalue weighted by Crippen LogP contribution is -2.29. The molecular formula is C14H13Cl3N2OS. The zero-order chi connectivity index (χ0) is 15.1. The van der Waals surface area contributed by atoms with Gasteiger partial charge in [-0.3, -0.25) is 4.79 Å². The molecule has 1 aliphatic rings. The summed E-state index contributed by atoms with van der Waals surface area (Å²) < 4.78 is 0.829. The van der Waals surface area contributed by atoms with Crippen molar-refractivity contribution in [2.45, 2.75) is 6.42 Å². The van der Waals surface area contributed by atoms with Crippen LogP contribution in [0.4, 0.5) is 0 Å². The van der Waals surface area contributed by atoms with E-state index in [1.165, 1.54) is 11.3 Å². The summed E-state index contributed by atoms with van der Waals surface area (Å²) in [6.45, 7) is 2.01. The van der Waals surface area contributed by atoms with Crippen molar-refractivity contribution in [1.82, 2.24) is 4.90 Å². The summed E-state index contributed by atoms with van der Waals surface area (Å²) in [5.41, 5.74) is 5.67. The van der Waals surface area contributed by atoms with E-state index in [9.17, 15) is 4.79 Å². The minimum absolute atomic E-state index is 0.0515. The first-order valence-electron chi connectivity index (χ1n) is 6.57. The van der Waals surface area contributed by atoms with Gasteiger partial charge in [0.25, 0.3) is 5.91 Å². The molecule has 3 nitrogen and oxygen atoms in total. The van der Waals surface area contributed by atoms with Gasteiger partial charge in [0.15, 0.2) is 0 Å². The highest BCUT2D eigenvalue weighted by atomic mass is 35.5. The zero-order valence-corrected chi connectivity index (χ0v) is 14.1. The largest absolute Gasteiger partial charge is 0.338 e. The van der Waals surface area contributed by atoms with Gasteiger partial charge >= 0.3 is 0 Å². The molecule has 0 saturated carbocycles. The third kappa shape index (κ3) is 2.76. The summed E-state index contributed by atoms with van der Waals surface area (Å²) in [7, 11) is 0. The number of likely N-dealkylation sites (tertiary alicyclic amines) is 1. The molecule has 1 aliphatic heterocycles. The van der Waals surface area contributed by atoms with E-state index in [0.717, 1.165) is 17.7 Å². The number of benzene rings is 1. The lowest BCUT2D eigenvalue weighted by molar-refractivity contribution is 0.0792. The van der Waals surface area contributed by atoms with Crippen molar-refractivity contribution in [1.29, 1.82) is 0 Å². The maximum absolute atomic E-state index is 12.6. The van der Waals surface area contributed by atoms with Gasteiger partial charge in [-0.25, -0.2) is 0 Å². The Morgan fingerprint density at radius 1 is 1.38 bits per heavy atom. The molecule has 0 bridgehead atoms. The van der Waals surface area contributed by atoms with Crippen molar-refractivity contribution in [2.75, 3.05) is 19.6 Å². The molecule has 2 heterocycles. The van der Waals surface area contributed by atoms with Crippen LogP contribution in [0, 0.1) is 5.92 Å². The van der Waals surface area contributed by atoms with E-state index < -0.39 is 0 Å². The fourth-order valence-corrected chi connectivity index (χ4v) is 4.94. The van der Waals surface area contributed by atoms with Crippen molar-refractivity contribution < 1.29 is 4.79 Å². The fourth-order valence-electron chi connectivity index (χ4n) is 2.60. The second-order valence-corrected chi connectivity index (χ2v) is 7.42. The average molecular weight is 364 g/mol. The first-order valence-corrected chi connectivity index (χ1v) is 8.52. The van der Waals surface area contributed by atoms with Gasteiger partial charge in [0.1, 0.15) is 4.88 Å². The van der Waals surface area contributed by atoms with Crippen molar-refractivity contribution in [3.8, 4) is 0 Å². The first kappa shape index (κ1) is 15.4. The van der Waals surface area contributed by atoms with E-state index in [1.54, 1.807) is 12.1 Å². The molecule has 0 radical (unpaired) electrons. The Balaban J connectivity index is 1.99. The van der Waals surface area contributed by atoms with Crippen LogP contribution in [0.2, 0.25) is 15.1 Å². The molecule has 0 aliphatic carbocycles. The predicted molar refractivity (Wildman–Crippen MR) is 89.9 cm³/mol. The lowest BCUT2D eigenvalue weighted by Gasteiger charge is -2.15. The van der Waals surface area contributed by atoms with Crippen LogP contribution in [-0.2, 0) is 0 Å². The van der Waals surface area contributed by atoms with Gasteiger partial charge in [-0.2, -0.15) is 0 Å². The summed E-state index contributed by atoms with van der Waals surface area (Å²) >= 11 is 19.9. The molecule has 112 valence electrons. The molecule has 1 saturated heterocycles. The van der Waals surface area contributed by atoms with E-state index in [0.29, 0.717) is 44.3 Å². The number of fused-ring (bicyclic) bond motifs is 1. The highest BCUT2D eigenvalue weighted by molar-refractivity contribution is 7.21. The van der Waals surface area contributed by atoms with Gasteiger partial charge in [-0.05, 0) is 31.0 Å². The number of halogens is 3. The number of hydrogen-bond donors (Lipinski definition) is 1. The minimum atomic E-state index is -0.0515. The number of rotatable bonds is 2. The van der Waals surface area contributed by atoms with Gasteiger partial charge in [-0.1, -0.05) is 34.8 Å². The molecule has 1 amide bonds. The summed E-state index contributed by atoms with van der Waals surface area (Å²) in [6.07, 6.45) is 0.942. The minimum Gasteiger partial charge on any atom is -0.338 e. The van der Waals surface area contributed by atoms with Gasteiger partial charge in [0.05, 0.1) is 10.0 Å². The number of amides is 1. The van der Waals surface area contributed by atoms with E-state index in [2.05, 4.69) is 0 Å². The first-order chi connectivity index (χ1) is 10.0. The van der Waals surface area contributed by atoms with Crippen molar-refractivity contribution >= 4 is 62.1 Å².